The van der Waals surface area contributed by atoms with Gasteiger partial charge in [-0.1, -0.05) is 91.7 Å². The summed E-state index contributed by atoms with van der Waals surface area (Å²) in [6.07, 6.45) is 0.424. The van der Waals surface area contributed by atoms with Crippen LogP contribution in [-0.2, 0) is 22.6 Å². The zero-order valence-corrected chi connectivity index (χ0v) is 21.2. The van der Waals surface area contributed by atoms with Gasteiger partial charge in [0.15, 0.2) is 6.61 Å². The molecule has 0 aliphatic heterocycles. The van der Waals surface area contributed by atoms with Crippen molar-refractivity contribution in [3.63, 3.8) is 0 Å². The largest absolute Gasteiger partial charge is 0.484 e. The van der Waals surface area contributed by atoms with Crippen molar-refractivity contribution in [1.29, 1.82) is 0 Å². The van der Waals surface area contributed by atoms with Crippen LogP contribution in [0.25, 0.3) is 0 Å². The van der Waals surface area contributed by atoms with E-state index in [1.807, 2.05) is 92.7 Å². The van der Waals surface area contributed by atoms with Gasteiger partial charge in [-0.3, -0.25) is 9.59 Å². The number of nitrogens with zero attached hydrogens (tertiary/aromatic N) is 1. The minimum atomic E-state index is -0.661. The highest BCUT2D eigenvalue weighted by atomic mass is 16.5. The van der Waals surface area contributed by atoms with E-state index in [0.29, 0.717) is 31.2 Å². The fraction of sp³-hybridized carbons (Fsp3) is 0.333. The first-order valence-corrected chi connectivity index (χ1v) is 12.2. The lowest BCUT2D eigenvalue weighted by Crippen LogP contribution is -2.52. The summed E-state index contributed by atoms with van der Waals surface area (Å²) in [5.41, 5.74) is 4.23. The summed E-state index contributed by atoms with van der Waals surface area (Å²) in [7, 11) is 0. The van der Waals surface area contributed by atoms with Gasteiger partial charge in [0.2, 0.25) is 5.91 Å². The second-order valence-corrected chi connectivity index (χ2v) is 9.45. The van der Waals surface area contributed by atoms with Gasteiger partial charge in [-0.15, -0.1) is 0 Å². The SMILES string of the molecule is Cc1ccc(CN(C(=O)COc2ccc(C)cc2)[C@@H](Cc2ccccc2)C(=O)NCC(C)C)cc1. The van der Waals surface area contributed by atoms with Crippen LogP contribution in [0.1, 0.15) is 36.1 Å². The molecule has 0 fully saturated rings. The van der Waals surface area contributed by atoms with Gasteiger partial charge >= 0.3 is 0 Å². The van der Waals surface area contributed by atoms with Crippen molar-refractivity contribution in [3.05, 3.63) is 101 Å². The molecule has 1 N–H and O–H groups in total. The maximum atomic E-state index is 13.5. The van der Waals surface area contributed by atoms with Gasteiger partial charge in [-0.25, -0.2) is 0 Å². The Morgan fingerprint density at radius 3 is 2.03 bits per heavy atom. The number of carbonyl (C=O) groups is 2. The number of benzene rings is 3. The number of hydrogen-bond acceptors (Lipinski definition) is 3. The lowest BCUT2D eigenvalue weighted by molar-refractivity contribution is -0.142. The number of aryl methyl sites for hydroxylation is 2. The Balaban J connectivity index is 1.88. The minimum Gasteiger partial charge on any atom is -0.484 e. The quantitative estimate of drug-likeness (QED) is 0.423. The molecule has 1 atom stereocenters. The molecule has 5 heteroatoms. The summed E-state index contributed by atoms with van der Waals surface area (Å²) in [5, 5.41) is 3.04. The fourth-order valence-electron chi connectivity index (χ4n) is 3.73. The first-order valence-electron chi connectivity index (χ1n) is 12.2. The summed E-state index contributed by atoms with van der Waals surface area (Å²) >= 11 is 0. The molecule has 0 saturated heterocycles. The molecule has 0 radical (unpaired) electrons. The van der Waals surface area contributed by atoms with Crippen LogP contribution >= 0.6 is 0 Å². The Bertz CT molecular complexity index is 1080. The molecule has 184 valence electrons. The molecule has 5 nitrogen and oxygen atoms in total. The van der Waals surface area contributed by atoms with Crippen LogP contribution in [0, 0.1) is 19.8 Å². The number of hydrogen-bond donors (Lipinski definition) is 1. The van der Waals surface area contributed by atoms with Gasteiger partial charge in [-0.2, -0.15) is 0 Å². The predicted molar refractivity (Wildman–Crippen MR) is 140 cm³/mol. The van der Waals surface area contributed by atoms with Crippen LogP contribution in [0.5, 0.6) is 5.75 Å². The lowest BCUT2D eigenvalue weighted by atomic mass is 10.0. The summed E-state index contributed by atoms with van der Waals surface area (Å²) < 4.78 is 5.82. The van der Waals surface area contributed by atoms with E-state index in [9.17, 15) is 9.59 Å². The van der Waals surface area contributed by atoms with Gasteiger partial charge in [0.05, 0.1) is 0 Å². The molecule has 0 bridgehead atoms. The summed E-state index contributed by atoms with van der Waals surface area (Å²) in [4.78, 5) is 28.6. The molecule has 35 heavy (non-hydrogen) atoms. The third-order valence-corrected chi connectivity index (χ3v) is 5.81. The lowest BCUT2D eigenvalue weighted by Gasteiger charge is -2.31. The Kier molecular flexibility index (Phi) is 9.47. The second-order valence-electron chi connectivity index (χ2n) is 9.45. The van der Waals surface area contributed by atoms with Crippen LogP contribution < -0.4 is 10.1 Å². The number of ether oxygens (including phenoxy) is 1. The van der Waals surface area contributed by atoms with E-state index in [0.717, 1.165) is 22.3 Å². The molecule has 0 unspecified atom stereocenters. The fourth-order valence-corrected chi connectivity index (χ4v) is 3.73. The van der Waals surface area contributed by atoms with E-state index < -0.39 is 6.04 Å². The van der Waals surface area contributed by atoms with Crippen molar-refractivity contribution in [2.45, 2.75) is 46.7 Å². The monoisotopic (exact) mass is 472 g/mol. The Morgan fingerprint density at radius 2 is 1.43 bits per heavy atom. The molecule has 0 aliphatic rings. The molecular weight excluding hydrogens is 436 g/mol. The van der Waals surface area contributed by atoms with E-state index in [-0.39, 0.29) is 18.4 Å². The maximum absolute atomic E-state index is 13.5. The summed E-state index contributed by atoms with van der Waals surface area (Å²) in [6, 6.07) is 24.8. The van der Waals surface area contributed by atoms with Crippen molar-refractivity contribution < 1.29 is 14.3 Å². The van der Waals surface area contributed by atoms with Crippen LogP contribution in [0.4, 0.5) is 0 Å². The van der Waals surface area contributed by atoms with E-state index >= 15 is 0 Å². The third-order valence-electron chi connectivity index (χ3n) is 5.81. The highest BCUT2D eigenvalue weighted by Crippen LogP contribution is 2.17. The predicted octanol–water partition coefficient (Wildman–Crippen LogP) is 5.09. The van der Waals surface area contributed by atoms with Gasteiger partial charge in [0.25, 0.3) is 5.91 Å². The molecule has 3 aromatic rings. The first-order chi connectivity index (χ1) is 16.8. The van der Waals surface area contributed by atoms with Crippen LogP contribution in [0.3, 0.4) is 0 Å². The summed E-state index contributed by atoms with van der Waals surface area (Å²) in [6.45, 7) is 8.87. The van der Waals surface area contributed by atoms with Gasteiger partial charge in [0.1, 0.15) is 11.8 Å². The van der Waals surface area contributed by atoms with Crippen LogP contribution in [-0.4, -0.2) is 35.9 Å². The van der Waals surface area contributed by atoms with Crippen LogP contribution in [0.15, 0.2) is 78.9 Å². The minimum absolute atomic E-state index is 0.141. The Hall–Kier alpha value is -3.60. The topological polar surface area (TPSA) is 58.6 Å². The smallest absolute Gasteiger partial charge is 0.261 e. The molecule has 0 heterocycles. The molecule has 0 aromatic heterocycles. The van der Waals surface area contributed by atoms with Gasteiger partial charge < -0.3 is 15.0 Å². The maximum Gasteiger partial charge on any atom is 0.261 e. The molecule has 3 rings (SSSR count). The zero-order valence-electron chi connectivity index (χ0n) is 21.2. The van der Waals surface area contributed by atoms with Crippen molar-refractivity contribution >= 4 is 11.8 Å². The van der Waals surface area contributed by atoms with Gasteiger partial charge in [0, 0.05) is 19.5 Å². The molecule has 0 aliphatic carbocycles. The number of rotatable bonds is 11. The first kappa shape index (κ1) is 26.0. The molecule has 0 spiro atoms. The molecule has 0 saturated carbocycles. The molecule has 2 amide bonds. The average Bonchev–Trinajstić information content (AvgIpc) is 2.86. The van der Waals surface area contributed by atoms with Crippen molar-refractivity contribution in [2.24, 2.45) is 5.92 Å². The Labute approximate surface area is 209 Å². The molecule has 3 aromatic carbocycles. The van der Waals surface area contributed by atoms with Crippen molar-refractivity contribution in [3.8, 4) is 5.75 Å². The number of carbonyl (C=O) groups excluding carboxylic acids is 2. The van der Waals surface area contributed by atoms with E-state index in [1.54, 1.807) is 4.90 Å². The highest BCUT2D eigenvalue weighted by Gasteiger charge is 2.30. The number of amides is 2. The van der Waals surface area contributed by atoms with Crippen LogP contribution in [0.2, 0.25) is 0 Å². The standard InChI is InChI=1S/C30H36N2O3/c1-22(2)19-31-30(34)28(18-25-8-6-5-7-9-25)32(20-26-14-10-23(3)11-15-26)29(33)21-35-27-16-12-24(4)13-17-27/h5-17,22,28H,18-21H2,1-4H3,(H,31,34)/t28-/m0/s1. The van der Waals surface area contributed by atoms with E-state index in [4.69, 9.17) is 4.74 Å². The highest BCUT2D eigenvalue weighted by molar-refractivity contribution is 5.88. The third kappa shape index (κ3) is 8.29. The Morgan fingerprint density at radius 1 is 0.829 bits per heavy atom. The van der Waals surface area contributed by atoms with Gasteiger partial charge in [-0.05, 0) is 43.0 Å². The van der Waals surface area contributed by atoms with E-state index in [2.05, 4.69) is 19.2 Å². The zero-order chi connectivity index (χ0) is 25.2. The normalized spacial score (nSPS) is 11.7. The second kappa shape index (κ2) is 12.7. The number of nitrogens with one attached hydrogen (secondary N) is 1. The average molecular weight is 473 g/mol. The molecular formula is C30H36N2O3. The van der Waals surface area contributed by atoms with Crippen molar-refractivity contribution in [2.75, 3.05) is 13.2 Å². The van der Waals surface area contributed by atoms with E-state index in [1.165, 1.54) is 0 Å². The summed E-state index contributed by atoms with van der Waals surface area (Å²) in [5.74, 6) is 0.552. The van der Waals surface area contributed by atoms with Crippen molar-refractivity contribution in [1.82, 2.24) is 10.2 Å².